The molecule has 1 N–H and O–H groups in total. The van der Waals surface area contributed by atoms with E-state index in [1.807, 2.05) is 51.1 Å². The molecule has 2 amide bonds. The number of carbonyl (C=O) groups is 2. The Balaban J connectivity index is 2.15. The SMILES string of the molecule is COc1ccc([N+](=O)[O-])cc1N(CC(=O)N(Cc1cccc(Cl)c1)C(Cc1ccccc1)C(=O)NC(C)(C)C)S(C)(=O)=O. The standard InChI is InChI=1S/C30H35ClN4O7S/c1-30(2,3)32-29(37)26(17-21-10-7-6-8-11-21)33(19-22-12-9-13-23(31)16-22)28(36)20-34(43(5,40)41)25-18-24(35(38)39)14-15-27(25)42-4/h6-16,18,26H,17,19-20H2,1-5H3,(H,32,37). The molecule has 0 spiro atoms. The lowest BCUT2D eigenvalue weighted by atomic mass is 10.0. The summed E-state index contributed by atoms with van der Waals surface area (Å²) in [7, 11) is -2.89. The molecule has 0 radical (unpaired) electrons. The molecule has 13 heteroatoms. The summed E-state index contributed by atoms with van der Waals surface area (Å²) in [5, 5.41) is 14.9. The first kappa shape index (κ1) is 33.3. The van der Waals surface area contributed by atoms with E-state index in [0.717, 1.165) is 22.2 Å². The van der Waals surface area contributed by atoms with Gasteiger partial charge in [0.2, 0.25) is 21.8 Å². The van der Waals surface area contributed by atoms with Gasteiger partial charge in [-0.1, -0.05) is 54.1 Å². The van der Waals surface area contributed by atoms with Crippen LogP contribution in [0.1, 0.15) is 31.9 Å². The van der Waals surface area contributed by atoms with Crippen molar-refractivity contribution < 1.29 is 27.7 Å². The molecule has 11 nitrogen and oxygen atoms in total. The monoisotopic (exact) mass is 630 g/mol. The van der Waals surface area contributed by atoms with E-state index in [0.29, 0.717) is 10.6 Å². The summed E-state index contributed by atoms with van der Waals surface area (Å²) in [4.78, 5) is 40.1. The lowest BCUT2D eigenvalue weighted by molar-refractivity contribution is -0.384. The van der Waals surface area contributed by atoms with E-state index in [1.54, 1.807) is 24.3 Å². The van der Waals surface area contributed by atoms with Gasteiger partial charge in [-0.3, -0.25) is 24.0 Å². The van der Waals surface area contributed by atoms with Crippen LogP contribution in [0.15, 0.2) is 72.8 Å². The van der Waals surface area contributed by atoms with E-state index in [1.165, 1.54) is 24.1 Å². The maximum atomic E-state index is 14.2. The second-order valence-electron chi connectivity index (χ2n) is 11.0. The number of nitrogens with zero attached hydrogens (tertiary/aromatic N) is 3. The minimum Gasteiger partial charge on any atom is -0.495 e. The van der Waals surface area contributed by atoms with Crippen molar-refractivity contribution in [3.8, 4) is 5.75 Å². The molecule has 0 fully saturated rings. The first-order valence-electron chi connectivity index (χ1n) is 13.3. The fourth-order valence-electron chi connectivity index (χ4n) is 4.42. The topological polar surface area (TPSA) is 139 Å². The molecule has 0 saturated heterocycles. The largest absolute Gasteiger partial charge is 0.495 e. The molecule has 1 atom stereocenters. The summed E-state index contributed by atoms with van der Waals surface area (Å²) in [6.45, 7) is 4.61. The van der Waals surface area contributed by atoms with Crippen LogP contribution in [0.25, 0.3) is 0 Å². The molecule has 0 aliphatic rings. The third kappa shape index (κ3) is 9.42. The van der Waals surface area contributed by atoms with Crippen molar-refractivity contribution in [3.05, 3.63) is 99.1 Å². The number of hydrogen-bond acceptors (Lipinski definition) is 7. The smallest absolute Gasteiger partial charge is 0.271 e. The molecule has 0 aliphatic carbocycles. The van der Waals surface area contributed by atoms with Gasteiger partial charge in [-0.05, 0) is 50.1 Å². The molecule has 3 aromatic rings. The van der Waals surface area contributed by atoms with Crippen LogP contribution in [0, 0.1) is 10.1 Å². The van der Waals surface area contributed by atoms with Gasteiger partial charge in [0.1, 0.15) is 24.0 Å². The van der Waals surface area contributed by atoms with Gasteiger partial charge in [-0.25, -0.2) is 8.42 Å². The lowest BCUT2D eigenvalue weighted by Crippen LogP contribution is -2.56. The number of amides is 2. The van der Waals surface area contributed by atoms with E-state index in [2.05, 4.69) is 5.32 Å². The molecule has 3 aromatic carbocycles. The number of halogens is 1. The minimum absolute atomic E-state index is 0.0107. The van der Waals surface area contributed by atoms with Gasteiger partial charge in [0.25, 0.3) is 5.69 Å². The van der Waals surface area contributed by atoms with Gasteiger partial charge >= 0.3 is 0 Å². The van der Waals surface area contributed by atoms with Gasteiger partial charge in [-0.2, -0.15) is 0 Å². The van der Waals surface area contributed by atoms with E-state index >= 15 is 0 Å². The summed E-state index contributed by atoms with van der Waals surface area (Å²) in [6.07, 6.45) is 1.02. The number of ether oxygens (including phenoxy) is 1. The molecular formula is C30H35ClN4O7S. The third-order valence-corrected chi connectivity index (χ3v) is 7.69. The Morgan fingerprint density at radius 2 is 1.67 bits per heavy atom. The number of nitro benzene ring substituents is 1. The van der Waals surface area contributed by atoms with Gasteiger partial charge in [-0.15, -0.1) is 0 Å². The fraction of sp³-hybridized carbons (Fsp3) is 0.333. The highest BCUT2D eigenvalue weighted by atomic mass is 35.5. The normalized spacial score (nSPS) is 12.2. The molecule has 0 aliphatic heterocycles. The molecule has 230 valence electrons. The van der Waals surface area contributed by atoms with Crippen LogP contribution < -0.4 is 14.4 Å². The predicted molar refractivity (Wildman–Crippen MR) is 166 cm³/mol. The second-order valence-corrected chi connectivity index (χ2v) is 13.3. The highest BCUT2D eigenvalue weighted by Gasteiger charge is 2.35. The predicted octanol–water partition coefficient (Wildman–Crippen LogP) is 4.58. The Kier molecular flexibility index (Phi) is 10.8. The van der Waals surface area contributed by atoms with E-state index in [4.69, 9.17) is 16.3 Å². The van der Waals surface area contributed by atoms with Gasteiger partial charge in [0.15, 0.2) is 0 Å². The number of rotatable bonds is 12. The second kappa shape index (κ2) is 13.9. The Hall–Kier alpha value is -4.16. The van der Waals surface area contributed by atoms with Gasteiger partial charge < -0.3 is 15.0 Å². The zero-order valence-electron chi connectivity index (χ0n) is 24.6. The Bertz CT molecular complexity index is 1580. The van der Waals surface area contributed by atoms with Crippen LogP contribution in [0.4, 0.5) is 11.4 Å². The molecule has 1 unspecified atom stereocenters. The Labute approximate surface area is 256 Å². The Morgan fingerprint density at radius 3 is 2.23 bits per heavy atom. The van der Waals surface area contributed by atoms with Crippen LogP contribution in [-0.4, -0.2) is 61.5 Å². The lowest BCUT2D eigenvalue weighted by Gasteiger charge is -2.35. The molecule has 43 heavy (non-hydrogen) atoms. The summed E-state index contributed by atoms with van der Waals surface area (Å²) in [5.74, 6) is -1.15. The van der Waals surface area contributed by atoms with Crippen molar-refractivity contribution in [2.45, 2.75) is 45.3 Å². The molecule has 0 bridgehead atoms. The number of hydrogen-bond donors (Lipinski definition) is 1. The average molecular weight is 631 g/mol. The summed E-state index contributed by atoms with van der Waals surface area (Å²) in [5.41, 5.74) is 0.182. The fourth-order valence-corrected chi connectivity index (χ4v) is 5.48. The Morgan fingerprint density at radius 1 is 1.02 bits per heavy atom. The summed E-state index contributed by atoms with van der Waals surface area (Å²) >= 11 is 6.23. The van der Waals surface area contributed by atoms with Gasteiger partial charge in [0.05, 0.1) is 18.3 Å². The maximum Gasteiger partial charge on any atom is 0.271 e. The van der Waals surface area contributed by atoms with Crippen LogP contribution in [0.3, 0.4) is 0 Å². The molecule has 0 saturated carbocycles. The van der Waals surface area contributed by atoms with E-state index in [-0.39, 0.29) is 30.1 Å². The number of carbonyl (C=O) groups excluding carboxylic acids is 2. The first-order chi connectivity index (χ1) is 20.1. The highest BCUT2D eigenvalue weighted by Crippen LogP contribution is 2.34. The van der Waals surface area contributed by atoms with Crippen LogP contribution in [0.5, 0.6) is 5.75 Å². The van der Waals surface area contributed by atoms with Crippen molar-refractivity contribution >= 4 is 44.8 Å². The number of nitrogens with one attached hydrogen (secondary N) is 1. The van der Waals surface area contributed by atoms with Crippen molar-refractivity contribution in [1.82, 2.24) is 10.2 Å². The summed E-state index contributed by atoms with van der Waals surface area (Å²) in [6, 6.07) is 18.3. The number of anilines is 1. The first-order valence-corrected chi connectivity index (χ1v) is 15.5. The van der Waals surface area contributed by atoms with Crippen molar-refractivity contribution in [1.29, 1.82) is 0 Å². The number of benzene rings is 3. The minimum atomic E-state index is -4.17. The summed E-state index contributed by atoms with van der Waals surface area (Å²) < 4.78 is 32.2. The third-order valence-electron chi connectivity index (χ3n) is 6.33. The number of methoxy groups -OCH3 is 1. The number of nitro groups is 1. The van der Waals surface area contributed by atoms with Crippen LogP contribution in [-0.2, 0) is 32.6 Å². The molecular weight excluding hydrogens is 596 g/mol. The van der Waals surface area contributed by atoms with Gasteiger partial charge in [0, 0.05) is 35.7 Å². The van der Waals surface area contributed by atoms with E-state index < -0.39 is 44.9 Å². The van der Waals surface area contributed by atoms with E-state index in [9.17, 15) is 28.1 Å². The van der Waals surface area contributed by atoms with Crippen molar-refractivity contribution in [2.75, 3.05) is 24.2 Å². The average Bonchev–Trinajstić information content (AvgIpc) is 2.92. The van der Waals surface area contributed by atoms with Crippen molar-refractivity contribution in [2.24, 2.45) is 0 Å². The molecule has 3 rings (SSSR count). The quantitative estimate of drug-likeness (QED) is 0.228. The zero-order valence-corrected chi connectivity index (χ0v) is 26.2. The maximum absolute atomic E-state index is 14.2. The number of sulfonamides is 1. The van der Waals surface area contributed by atoms with Crippen LogP contribution in [0.2, 0.25) is 5.02 Å². The van der Waals surface area contributed by atoms with Crippen molar-refractivity contribution in [3.63, 3.8) is 0 Å². The highest BCUT2D eigenvalue weighted by molar-refractivity contribution is 7.92. The van der Waals surface area contributed by atoms with Crippen LogP contribution >= 0.6 is 11.6 Å². The molecule has 0 aromatic heterocycles. The number of non-ortho nitro benzene ring substituents is 1. The zero-order chi connectivity index (χ0) is 31.9. The molecule has 0 heterocycles.